The van der Waals surface area contributed by atoms with Crippen LogP contribution in [0.25, 0.3) is 11.0 Å². The molecule has 1 aliphatic heterocycles. The minimum atomic E-state index is -0.245. The van der Waals surface area contributed by atoms with E-state index in [0.717, 1.165) is 46.8 Å². The highest BCUT2D eigenvalue weighted by Gasteiger charge is 2.04. The second kappa shape index (κ2) is 89.3. The number of aliphatic imine (C=N–C) groups is 2. The van der Waals surface area contributed by atoms with Gasteiger partial charge in [0.25, 0.3) is 0 Å². The molecule has 0 saturated carbocycles. The number of para-hydroxylation sites is 2. The standard InChI is InChI=1S/C9H10N2.C5H10N2.2C5H6N2.C5H12N2.C5H5N.C4H9NO.C4H9NS.C3H6O2.9C2H6/c1-7-10-8-5-3-4-6-9(8)11(7)2;1-5-6-3-4-7(5)2;1-5-2-3-6-4-7-5;1-5-6-3-2-4-7-5;1-5(6-2)7(3)4;1-2-4-6-5-3-1;2*1-4(6)5(2)3;1-3(4)5-2;9*1-2/h3-6H,1-2H3;3-4H2,1-2H3;2*2-4H,1H3;1-4H3;1-5H;2*1-3H3;1-2H3;9*1-2H3. The summed E-state index contributed by atoms with van der Waals surface area (Å²) >= 11 is 4.75. The van der Waals surface area contributed by atoms with Crippen molar-refractivity contribution in [3.8, 4) is 0 Å². The van der Waals surface area contributed by atoms with Crippen molar-refractivity contribution < 1.29 is 14.3 Å². The van der Waals surface area contributed by atoms with Gasteiger partial charge < -0.3 is 28.9 Å². The van der Waals surface area contributed by atoms with Gasteiger partial charge in [0.1, 0.15) is 18.0 Å². The quantitative estimate of drug-likeness (QED) is 0.0623. The Labute approximate surface area is 500 Å². The molecular formula is C63H127N13O3S. The minimum absolute atomic E-state index is 0.0926. The first-order chi connectivity index (χ1) is 38.1. The predicted octanol–water partition coefficient (Wildman–Crippen LogP) is 15.9. The topological polar surface area (TPSA) is 163 Å². The van der Waals surface area contributed by atoms with E-state index in [4.69, 9.17) is 12.2 Å². The number of hydrogen-bond donors (Lipinski definition) is 0. The van der Waals surface area contributed by atoms with Crippen LogP contribution in [0.2, 0.25) is 0 Å². The van der Waals surface area contributed by atoms with E-state index < -0.39 is 0 Å². The van der Waals surface area contributed by atoms with Crippen molar-refractivity contribution in [2.24, 2.45) is 17.0 Å². The van der Waals surface area contributed by atoms with Crippen LogP contribution in [0.5, 0.6) is 0 Å². The summed E-state index contributed by atoms with van der Waals surface area (Å²) in [4.78, 5) is 59.7. The third kappa shape index (κ3) is 85.7. The number of fused-ring (bicyclic) bond motifs is 1. The van der Waals surface area contributed by atoms with E-state index in [1.165, 1.54) is 43.5 Å². The lowest BCUT2D eigenvalue weighted by atomic mass is 10.3. The zero-order chi connectivity index (χ0) is 66.0. The molecule has 1 amide bonds. The van der Waals surface area contributed by atoms with Gasteiger partial charge >= 0.3 is 5.97 Å². The van der Waals surface area contributed by atoms with Gasteiger partial charge in [0.05, 0.1) is 41.3 Å². The molecule has 0 aliphatic carbocycles. The number of rotatable bonds is 0. The second-order valence-corrected chi connectivity index (χ2v) is 14.0. The molecule has 1 aromatic carbocycles. The molecule has 80 heavy (non-hydrogen) atoms. The molecule has 0 N–H and O–H groups in total. The number of aromatic nitrogens is 7. The normalized spacial score (nSPS) is 8.68. The van der Waals surface area contributed by atoms with Gasteiger partial charge in [-0.2, -0.15) is 0 Å². The third-order valence-electron chi connectivity index (χ3n) is 7.85. The second-order valence-electron chi connectivity index (χ2n) is 13.4. The van der Waals surface area contributed by atoms with Crippen LogP contribution in [-0.4, -0.2) is 159 Å². The Balaban J connectivity index is -0.0000000632. The molecule has 0 fully saturated rings. The number of hydrogen-bond acceptors (Lipinski definition) is 13. The average Bonchev–Trinajstić information content (AvgIpc) is 4.04. The summed E-state index contributed by atoms with van der Waals surface area (Å²) in [6, 6.07) is 17.5. The Morgan fingerprint density at radius 1 is 0.575 bits per heavy atom. The lowest BCUT2D eigenvalue weighted by Gasteiger charge is -2.08. The molecule has 16 nitrogen and oxygen atoms in total. The molecule has 5 aromatic rings. The molecule has 0 radical (unpaired) electrons. The van der Waals surface area contributed by atoms with Gasteiger partial charge in [0, 0.05) is 120 Å². The number of pyridine rings is 1. The molecule has 0 saturated heterocycles. The molecule has 468 valence electrons. The van der Waals surface area contributed by atoms with E-state index in [9.17, 15) is 9.59 Å². The van der Waals surface area contributed by atoms with Crippen molar-refractivity contribution in [2.45, 2.75) is 180 Å². The van der Waals surface area contributed by atoms with Crippen molar-refractivity contribution in [1.82, 2.24) is 54.1 Å². The largest absolute Gasteiger partial charge is 0.469 e. The number of esters is 1. The zero-order valence-corrected chi connectivity index (χ0v) is 59.3. The number of nitrogens with zero attached hydrogens (tertiary/aromatic N) is 13. The van der Waals surface area contributed by atoms with Crippen molar-refractivity contribution >= 4 is 51.8 Å². The molecule has 6 rings (SSSR count). The summed E-state index contributed by atoms with van der Waals surface area (Å²) in [5.74, 6) is 3.95. The predicted molar refractivity (Wildman–Crippen MR) is 363 cm³/mol. The van der Waals surface area contributed by atoms with Crippen LogP contribution >= 0.6 is 12.2 Å². The van der Waals surface area contributed by atoms with Gasteiger partial charge in [-0.15, -0.1) is 0 Å². The highest BCUT2D eigenvalue weighted by atomic mass is 32.1. The lowest BCUT2D eigenvalue weighted by Crippen LogP contribution is -2.19. The maximum Gasteiger partial charge on any atom is 0.302 e. The van der Waals surface area contributed by atoms with Gasteiger partial charge in [0.15, 0.2) is 0 Å². The monoisotopic (exact) mass is 1150 g/mol. The molecule has 4 aromatic heterocycles. The first kappa shape index (κ1) is 102. The first-order valence-electron chi connectivity index (χ1n) is 28.5. The van der Waals surface area contributed by atoms with Gasteiger partial charge in [-0.3, -0.25) is 24.6 Å². The number of benzene rings is 1. The molecule has 0 bridgehead atoms. The van der Waals surface area contributed by atoms with Crippen molar-refractivity contribution in [2.75, 3.05) is 76.6 Å². The van der Waals surface area contributed by atoms with E-state index >= 15 is 0 Å². The number of methoxy groups -OCH3 is 1. The number of carbonyl (C=O) groups is 2. The van der Waals surface area contributed by atoms with E-state index in [-0.39, 0.29) is 11.9 Å². The van der Waals surface area contributed by atoms with Crippen LogP contribution in [0.15, 0.2) is 102 Å². The Morgan fingerprint density at radius 3 is 1.16 bits per heavy atom. The fourth-order valence-corrected chi connectivity index (χ4v) is 3.15. The van der Waals surface area contributed by atoms with Gasteiger partial charge in [-0.05, 0) is 77.9 Å². The van der Waals surface area contributed by atoms with Crippen molar-refractivity contribution in [3.63, 3.8) is 0 Å². The summed E-state index contributed by atoms with van der Waals surface area (Å²) in [5.41, 5.74) is 3.28. The minimum Gasteiger partial charge on any atom is -0.469 e. The molecule has 0 spiro atoms. The van der Waals surface area contributed by atoms with E-state index in [2.05, 4.69) is 67.2 Å². The van der Waals surface area contributed by atoms with Crippen LogP contribution in [0.3, 0.4) is 0 Å². The summed E-state index contributed by atoms with van der Waals surface area (Å²) < 4.78 is 6.20. The van der Waals surface area contributed by atoms with Crippen molar-refractivity contribution in [1.29, 1.82) is 0 Å². The zero-order valence-electron chi connectivity index (χ0n) is 58.5. The number of likely N-dealkylation sites (N-methyl/N-ethyl adjacent to an activating group) is 1. The van der Waals surface area contributed by atoms with Crippen LogP contribution in [0, 0.1) is 20.8 Å². The van der Waals surface area contributed by atoms with Crippen LogP contribution < -0.4 is 0 Å². The summed E-state index contributed by atoms with van der Waals surface area (Å²) in [6.45, 7) is 52.7. The number of thiocarbonyl (C=S) groups is 1. The lowest BCUT2D eigenvalue weighted by molar-refractivity contribution is -0.138. The number of amides is 1. The number of carbonyl (C=O) groups excluding carboxylic acids is 2. The van der Waals surface area contributed by atoms with E-state index in [0.29, 0.717) is 0 Å². The Hall–Kier alpha value is -6.23. The fraction of sp³-hybridized carbons (Fsp3) is 0.603. The van der Waals surface area contributed by atoms with Crippen molar-refractivity contribution in [3.05, 3.63) is 109 Å². The smallest absolute Gasteiger partial charge is 0.302 e. The molecule has 17 heteroatoms. The van der Waals surface area contributed by atoms with E-state index in [1.54, 1.807) is 58.2 Å². The highest BCUT2D eigenvalue weighted by Crippen LogP contribution is 2.12. The average molecular weight is 1150 g/mol. The molecule has 0 unspecified atom stereocenters. The number of ether oxygens (including phenoxy) is 1. The summed E-state index contributed by atoms with van der Waals surface area (Å²) in [7, 11) is 18.5. The SMILES string of the molecule is CC.CC.CC.CC.CC.CC.CC.CC.CC.CC(=O)N(C)C.CC(=S)N(C)C.CC1=NCCN1C.CN=C(C)N(C)C.COC(C)=O.Cc1ccncn1.Cc1nc2ccccc2n1C.Cc1ncccn1.c1ccncc1. The number of amidine groups is 2. The Bertz CT molecular complexity index is 1870. The van der Waals surface area contributed by atoms with Gasteiger partial charge in [0.2, 0.25) is 5.91 Å². The fourth-order valence-electron chi connectivity index (χ4n) is 3.15. The van der Waals surface area contributed by atoms with Crippen LogP contribution in [0.4, 0.5) is 0 Å². The first-order valence-corrected chi connectivity index (χ1v) is 29.0. The van der Waals surface area contributed by atoms with Crippen LogP contribution in [-0.2, 0) is 21.4 Å². The summed E-state index contributed by atoms with van der Waals surface area (Å²) in [5, 5.41) is 0. The Morgan fingerprint density at radius 2 is 0.988 bits per heavy atom. The maximum atomic E-state index is 10.1. The molecule has 1 aliphatic rings. The van der Waals surface area contributed by atoms with Gasteiger partial charge in [-0.1, -0.05) is 155 Å². The molecule has 0 atom stereocenters. The van der Waals surface area contributed by atoms with E-state index in [1.807, 2.05) is 254 Å². The van der Waals surface area contributed by atoms with Crippen LogP contribution in [0.1, 0.15) is 177 Å². The Kier molecular flexibility index (Phi) is 114. The molecular weight excluding hydrogens is 1020 g/mol. The summed E-state index contributed by atoms with van der Waals surface area (Å²) in [6.07, 6.45) is 10.2. The highest BCUT2D eigenvalue weighted by molar-refractivity contribution is 7.80. The molecule has 5 heterocycles. The van der Waals surface area contributed by atoms with Gasteiger partial charge in [-0.25, -0.2) is 24.9 Å². The number of imidazole rings is 1. The number of aryl methyl sites for hydroxylation is 4. The third-order valence-corrected chi connectivity index (χ3v) is 8.21. The maximum absolute atomic E-state index is 10.1.